The van der Waals surface area contributed by atoms with Gasteiger partial charge in [-0.15, -0.1) is 24.8 Å². The molecule has 2 N–H and O–H groups in total. The molecule has 1 aliphatic carbocycles. The van der Waals surface area contributed by atoms with E-state index in [9.17, 15) is 9.59 Å². The molecule has 3 atom stereocenters. The van der Waals surface area contributed by atoms with Crippen molar-refractivity contribution in [1.29, 1.82) is 0 Å². The molecule has 0 radical (unpaired) electrons. The lowest BCUT2D eigenvalue weighted by Gasteiger charge is -2.38. The Hall–Kier alpha value is -0.560. The Labute approximate surface area is 176 Å². The quantitative estimate of drug-likeness (QED) is 0.682. The Bertz CT molecular complexity index is 476. The van der Waals surface area contributed by atoms with E-state index in [0.29, 0.717) is 24.3 Å². The number of carbonyl (C=O) groups is 2. The molecule has 158 valence electrons. The van der Waals surface area contributed by atoms with Crippen LogP contribution >= 0.6 is 24.8 Å². The minimum absolute atomic E-state index is 0. The summed E-state index contributed by atoms with van der Waals surface area (Å²) in [4.78, 5) is 29.0. The second kappa shape index (κ2) is 11.4. The van der Waals surface area contributed by atoms with Crippen molar-refractivity contribution in [1.82, 2.24) is 20.4 Å². The highest BCUT2D eigenvalue weighted by atomic mass is 35.5. The molecule has 0 spiro atoms. The van der Waals surface area contributed by atoms with E-state index in [0.717, 1.165) is 52.1 Å². The first kappa shape index (κ1) is 24.5. The van der Waals surface area contributed by atoms with Crippen molar-refractivity contribution in [2.75, 3.05) is 39.3 Å². The topological polar surface area (TPSA) is 64.7 Å². The zero-order valence-corrected chi connectivity index (χ0v) is 18.2. The second-order valence-electron chi connectivity index (χ2n) is 8.16. The average molecular weight is 423 g/mol. The molecule has 6 nitrogen and oxygen atoms in total. The molecule has 27 heavy (non-hydrogen) atoms. The van der Waals surface area contributed by atoms with Gasteiger partial charge in [0.05, 0.1) is 6.04 Å². The van der Waals surface area contributed by atoms with Gasteiger partial charge in [-0.25, -0.2) is 0 Å². The lowest BCUT2D eigenvalue weighted by Crippen LogP contribution is -2.55. The van der Waals surface area contributed by atoms with Gasteiger partial charge in [-0.05, 0) is 57.5 Å². The summed E-state index contributed by atoms with van der Waals surface area (Å²) in [6, 6.07) is 0.318. The Morgan fingerprint density at radius 1 is 1.07 bits per heavy atom. The molecule has 3 aliphatic rings. The minimum Gasteiger partial charge on any atom is -0.352 e. The molecule has 0 aromatic rings. The maximum absolute atomic E-state index is 12.6. The SMILES string of the molecule is CC(CC(=O)N1CCN(C(C)C(=O)NC2CC2)CC1)C1CCCNC1.Cl.Cl. The van der Waals surface area contributed by atoms with E-state index >= 15 is 0 Å². The van der Waals surface area contributed by atoms with Crippen LogP contribution in [-0.2, 0) is 9.59 Å². The zero-order chi connectivity index (χ0) is 17.8. The standard InChI is InChI=1S/C19H34N4O2.2ClH/c1-14(16-4-3-7-20-13-16)12-18(24)23-10-8-22(9-11-23)15(2)19(25)21-17-5-6-17;;/h14-17,20H,3-13H2,1-2H3,(H,21,25);2*1H. The van der Waals surface area contributed by atoms with Gasteiger partial charge in [0.25, 0.3) is 0 Å². The van der Waals surface area contributed by atoms with Crippen LogP contribution in [0.3, 0.4) is 0 Å². The van der Waals surface area contributed by atoms with Crippen LogP contribution in [0.4, 0.5) is 0 Å². The van der Waals surface area contributed by atoms with Crippen LogP contribution in [-0.4, -0.2) is 73.0 Å². The van der Waals surface area contributed by atoms with Gasteiger partial charge in [-0.3, -0.25) is 14.5 Å². The molecule has 2 aliphatic heterocycles. The predicted octanol–water partition coefficient (Wildman–Crippen LogP) is 1.67. The van der Waals surface area contributed by atoms with E-state index in [2.05, 4.69) is 22.5 Å². The van der Waals surface area contributed by atoms with Gasteiger partial charge in [-0.1, -0.05) is 6.92 Å². The molecular formula is C19H36Cl2N4O2. The van der Waals surface area contributed by atoms with Gasteiger partial charge in [0.15, 0.2) is 0 Å². The number of hydrogen-bond donors (Lipinski definition) is 2. The lowest BCUT2D eigenvalue weighted by atomic mass is 9.85. The molecule has 0 aromatic heterocycles. The molecule has 1 saturated carbocycles. The molecule has 3 unspecified atom stereocenters. The zero-order valence-electron chi connectivity index (χ0n) is 16.6. The van der Waals surface area contributed by atoms with Crippen molar-refractivity contribution < 1.29 is 9.59 Å². The number of carbonyl (C=O) groups excluding carboxylic acids is 2. The Kier molecular flexibility index (Phi) is 10.4. The number of hydrogen-bond acceptors (Lipinski definition) is 4. The molecule has 8 heteroatoms. The Morgan fingerprint density at radius 3 is 2.30 bits per heavy atom. The van der Waals surface area contributed by atoms with Crippen LogP contribution in [0.2, 0.25) is 0 Å². The first-order valence-electron chi connectivity index (χ1n) is 10.1. The molecule has 2 heterocycles. The fourth-order valence-corrected chi connectivity index (χ4v) is 4.01. The number of halogens is 2. The maximum Gasteiger partial charge on any atom is 0.237 e. The van der Waals surface area contributed by atoms with E-state index in [-0.39, 0.29) is 42.7 Å². The predicted molar refractivity (Wildman–Crippen MR) is 113 cm³/mol. The van der Waals surface area contributed by atoms with Crippen LogP contribution in [0.5, 0.6) is 0 Å². The normalized spacial score (nSPS) is 25.6. The number of piperazine rings is 1. The molecule has 3 fully saturated rings. The number of amides is 2. The van der Waals surface area contributed by atoms with Gasteiger partial charge in [-0.2, -0.15) is 0 Å². The third kappa shape index (κ3) is 7.08. The highest BCUT2D eigenvalue weighted by Crippen LogP contribution is 2.24. The van der Waals surface area contributed by atoms with E-state index in [1.807, 2.05) is 11.8 Å². The second-order valence-corrected chi connectivity index (χ2v) is 8.16. The Morgan fingerprint density at radius 2 is 1.74 bits per heavy atom. The van der Waals surface area contributed by atoms with Gasteiger partial charge < -0.3 is 15.5 Å². The van der Waals surface area contributed by atoms with Crippen molar-refractivity contribution in [2.45, 2.75) is 58.0 Å². The van der Waals surface area contributed by atoms with Crippen LogP contribution < -0.4 is 10.6 Å². The summed E-state index contributed by atoms with van der Waals surface area (Å²) in [6.45, 7) is 9.45. The summed E-state index contributed by atoms with van der Waals surface area (Å²) < 4.78 is 0. The van der Waals surface area contributed by atoms with Crippen LogP contribution in [0.15, 0.2) is 0 Å². The van der Waals surface area contributed by atoms with Gasteiger partial charge >= 0.3 is 0 Å². The third-order valence-electron chi connectivity index (χ3n) is 6.15. The third-order valence-corrected chi connectivity index (χ3v) is 6.15. The number of piperidine rings is 1. The number of rotatable bonds is 6. The molecule has 0 aromatic carbocycles. The highest BCUT2D eigenvalue weighted by Gasteiger charge is 2.31. The Balaban J connectivity index is 0.00000182. The van der Waals surface area contributed by atoms with Gasteiger partial charge in [0.1, 0.15) is 0 Å². The average Bonchev–Trinajstić information content (AvgIpc) is 3.45. The molecular weight excluding hydrogens is 387 g/mol. The van der Waals surface area contributed by atoms with Gasteiger partial charge in [0.2, 0.25) is 11.8 Å². The van der Waals surface area contributed by atoms with E-state index < -0.39 is 0 Å². The lowest BCUT2D eigenvalue weighted by molar-refractivity contribution is -0.135. The highest BCUT2D eigenvalue weighted by molar-refractivity contribution is 5.85. The van der Waals surface area contributed by atoms with E-state index in [1.54, 1.807) is 0 Å². The summed E-state index contributed by atoms with van der Waals surface area (Å²) in [5.74, 6) is 1.50. The monoisotopic (exact) mass is 422 g/mol. The summed E-state index contributed by atoms with van der Waals surface area (Å²) in [7, 11) is 0. The van der Waals surface area contributed by atoms with Crippen LogP contribution in [0, 0.1) is 11.8 Å². The van der Waals surface area contributed by atoms with Crippen LogP contribution in [0.1, 0.15) is 46.0 Å². The fraction of sp³-hybridized carbons (Fsp3) is 0.895. The largest absolute Gasteiger partial charge is 0.352 e. The van der Waals surface area contributed by atoms with Crippen molar-refractivity contribution in [2.24, 2.45) is 11.8 Å². The first-order valence-corrected chi connectivity index (χ1v) is 10.1. The summed E-state index contributed by atoms with van der Waals surface area (Å²) in [6.07, 6.45) is 5.36. The van der Waals surface area contributed by atoms with Crippen molar-refractivity contribution in [3.63, 3.8) is 0 Å². The van der Waals surface area contributed by atoms with E-state index in [1.165, 1.54) is 12.8 Å². The fourth-order valence-electron chi connectivity index (χ4n) is 4.01. The van der Waals surface area contributed by atoms with Crippen molar-refractivity contribution in [3.05, 3.63) is 0 Å². The van der Waals surface area contributed by atoms with Crippen molar-refractivity contribution in [3.8, 4) is 0 Å². The van der Waals surface area contributed by atoms with E-state index in [4.69, 9.17) is 0 Å². The first-order chi connectivity index (χ1) is 12.0. The number of nitrogens with one attached hydrogen (secondary N) is 2. The summed E-state index contributed by atoms with van der Waals surface area (Å²) in [5, 5.41) is 6.53. The smallest absolute Gasteiger partial charge is 0.237 e. The molecule has 2 saturated heterocycles. The summed E-state index contributed by atoms with van der Waals surface area (Å²) in [5.41, 5.74) is 0. The molecule has 2 amide bonds. The molecule has 3 rings (SSSR count). The minimum atomic E-state index is -0.0925. The van der Waals surface area contributed by atoms with Crippen molar-refractivity contribution >= 4 is 36.6 Å². The maximum atomic E-state index is 12.6. The van der Waals surface area contributed by atoms with Crippen LogP contribution in [0.25, 0.3) is 0 Å². The number of nitrogens with zero attached hydrogens (tertiary/aromatic N) is 2. The summed E-state index contributed by atoms with van der Waals surface area (Å²) >= 11 is 0. The van der Waals surface area contributed by atoms with Gasteiger partial charge in [0, 0.05) is 38.6 Å². The molecule has 0 bridgehead atoms.